The molecule has 0 aliphatic carbocycles. The van der Waals surface area contributed by atoms with Crippen LogP contribution in [0.3, 0.4) is 0 Å². The molecule has 0 unspecified atom stereocenters. The number of thiazole rings is 1. The summed E-state index contributed by atoms with van der Waals surface area (Å²) in [6, 6.07) is 6.30. The quantitative estimate of drug-likeness (QED) is 0.684. The van der Waals surface area contributed by atoms with Gasteiger partial charge in [0.25, 0.3) is 5.91 Å². The van der Waals surface area contributed by atoms with Crippen molar-refractivity contribution < 1.29 is 23.9 Å². The van der Waals surface area contributed by atoms with Crippen molar-refractivity contribution in [3.63, 3.8) is 0 Å². The van der Waals surface area contributed by atoms with Gasteiger partial charge in [-0.25, -0.2) is 4.98 Å². The van der Waals surface area contributed by atoms with E-state index in [0.717, 1.165) is 6.42 Å². The number of hydrogen-bond donors (Lipinski definition) is 1. The van der Waals surface area contributed by atoms with Gasteiger partial charge in [-0.2, -0.15) is 0 Å². The zero-order chi connectivity index (χ0) is 22.0. The molecule has 1 saturated heterocycles. The van der Waals surface area contributed by atoms with E-state index in [1.165, 1.54) is 16.2 Å². The fourth-order valence-electron chi connectivity index (χ4n) is 3.88. The van der Waals surface area contributed by atoms with Crippen molar-refractivity contribution in [2.75, 3.05) is 29.9 Å². The number of rotatable bonds is 6. The average Bonchev–Trinajstić information content (AvgIpc) is 3.39. The van der Waals surface area contributed by atoms with E-state index in [1.807, 2.05) is 0 Å². The Hall–Kier alpha value is -3.27. The molecule has 10 heteroatoms. The number of nitrogens with zero attached hydrogens (tertiary/aromatic N) is 3. The minimum atomic E-state index is -0.552. The van der Waals surface area contributed by atoms with Gasteiger partial charge in [0.15, 0.2) is 5.13 Å². The van der Waals surface area contributed by atoms with Crippen LogP contribution < -0.4 is 10.2 Å². The van der Waals surface area contributed by atoms with Crippen LogP contribution in [-0.2, 0) is 25.5 Å². The molecule has 3 amide bonds. The molecule has 3 heterocycles. The van der Waals surface area contributed by atoms with E-state index in [9.17, 15) is 19.2 Å². The summed E-state index contributed by atoms with van der Waals surface area (Å²) in [5.74, 6) is -1.26. The van der Waals surface area contributed by atoms with Crippen molar-refractivity contribution in [2.24, 2.45) is 0 Å². The maximum Gasteiger partial charge on any atom is 0.311 e. The molecule has 162 valence electrons. The molecular weight excluding hydrogens is 420 g/mol. The Balaban J connectivity index is 1.50. The number of anilines is 2. The molecule has 0 bridgehead atoms. The first kappa shape index (κ1) is 21.0. The highest BCUT2D eigenvalue weighted by Gasteiger charge is 2.42. The van der Waals surface area contributed by atoms with Gasteiger partial charge in [0.05, 0.1) is 30.0 Å². The molecule has 0 spiro atoms. The average molecular weight is 442 g/mol. The standard InChI is InChI=1S/C21H22N4O5S/c1-2-30-18(27)10-13-12-31-21(22-13)23-17(26)11-25-15-7-4-3-6-14(15)19(28)24-9-5-8-16(24)20(25)29/h3-4,6-7,12,16H,2,5,8-11H2,1H3,(H,22,23,26)/t16-/m1/s1. The largest absolute Gasteiger partial charge is 0.466 e. The molecule has 2 aliphatic rings. The summed E-state index contributed by atoms with van der Waals surface area (Å²) in [6.45, 7) is 2.32. The number of hydrogen-bond acceptors (Lipinski definition) is 7. The van der Waals surface area contributed by atoms with Crippen molar-refractivity contribution in [1.82, 2.24) is 9.88 Å². The second-order valence-corrected chi connectivity index (χ2v) is 8.13. The van der Waals surface area contributed by atoms with Gasteiger partial charge in [-0.15, -0.1) is 11.3 Å². The van der Waals surface area contributed by atoms with E-state index in [2.05, 4.69) is 10.3 Å². The highest BCUT2D eigenvalue weighted by Crippen LogP contribution is 2.32. The van der Waals surface area contributed by atoms with E-state index < -0.39 is 11.9 Å². The molecule has 4 rings (SSSR count). The van der Waals surface area contributed by atoms with Crippen molar-refractivity contribution in [3.05, 3.63) is 40.9 Å². The van der Waals surface area contributed by atoms with Crippen LogP contribution in [0, 0.1) is 0 Å². The van der Waals surface area contributed by atoms with Crippen LogP contribution in [0.15, 0.2) is 29.6 Å². The van der Waals surface area contributed by atoms with Gasteiger partial charge < -0.3 is 19.9 Å². The lowest BCUT2D eigenvalue weighted by Gasteiger charge is -2.25. The van der Waals surface area contributed by atoms with Crippen LogP contribution in [0.4, 0.5) is 10.8 Å². The Morgan fingerprint density at radius 1 is 1.29 bits per heavy atom. The number of carbonyl (C=O) groups is 4. The number of para-hydroxylation sites is 1. The van der Waals surface area contributed by atoms with E-state index >= 15 is 0 Å². The lowest BCUT2D eigenvalue weighted by molar-refractivity contribution is -0.142. The number of nitrogens with one attached hydrogen (secondary N) is 1. The summed E-state index contributed by atoms with van der Waals surface area (Å²) < 4.78 is 4.90. The summed E-state index contributed by atoms with van der Waals surface area (Å²) in [4.78, 5) is 57.6. The van der Waals surface area contributed by atoms with Crippen LogP contribution in [0.5, 0.6) is 0 Å². The fourth-order valence-corrected chi connectivity index (χ4v) is 4.61. The summed E-state index contributed by atoms with van der Waals surface area (Å²) in [5.41, 5.74) is 1.35. The summed E-state index contributed by atoms with van der Waals surface area (Å²) in [7, 11) is 0. The number of benzene rings is 1. The molecule has 1 fully saturated rings. The van der Waals surface area contributed by atoms with Gasteiger partial charge in [0.2, 0.25) is 11.8 Å². The van der Waals surface area contributed by atoms with E-state index in [1.54, 1.807) is 41.5 Å². The highest BCUT2D eigenvalue weighted by atomic mass is 32.1. The number of ether oxygens (including phenoxy) is 1. The maximum atomic E-state index is 13.2. The first-order valence-corrected chi connectivity index (χ1v) is 11.0. The van der Waals surface area contributed by atoms with Crippen LogP contribution in [0.25, 0.3) is 0 Å². The number of esters is 1. The highest BCUT2D eigenvalue weighted by molar-refractivity contribution is 7.13. The van der Waals surface area contributed by atoms with Gasteiger partial charge in [-0.05, 0) is 31.9 Å². The predicted molar refractivity (Wildman–Crippen MR) is 114 cm³/mol. The van der Waals surface area contributed by atoms with Crippen molar-refractivity contribution >= 4 is 45.8 Å². The Bertz CT molecular complexity index is 1040. The molecule has 1 aromatic heterocycles. The molecule has 0 radical (unpaired) electrons. The Kier molecular flexibility index (Phi) is 5.99. The predicted octanol–water partition coefficient (Wildman–Crippen LogP) is 1.84. The summed E-state index contributed by atoms with van der Waals surface area (Å²) in [6.07, 6.45) is 1.37. The lowest BCUT2D eigenvalue weighted by atomic mass is 10.1. The second-order valence-electron chi connectivity index (χ2n) is 7.27. The normalized spacial score (nSPS) is 17.8. The second kappa shape index (κ2) is 8.84. The van der Waals surface area contributed by atoms with Gasteiger partial charge in [0, 0.05) is 11.9 Å². The zero-order valence-electron chi connectivity index (χ0n) is 17.0. The molecule has 1 atom stereocenters. The molecule has 1 N–H and O–H groups in total. The van der Waals surface area contributed by atoms with Crippen molar-refractivity contribution in [2.45, 2.75) is 32.2 Å². The Labute approximate surface area is 183 Å². The third-order valence-corrected chi connectivity index (χ3v) is 6.03. The third kappa shape index (κ3) is 4.29. The maximum absolute atomic E-state index is 13.2. The zero-order valence-corrected chi connectivity index (χ0v) is 17.8. The van der Waals surface area contributed by atoms with Gasteiger partial charge >= 0.3 is 5.97 Å². The lowest BCUT2D eigenvalue weighted by Crippen LogP contribution is -2.47. The first-order valence-electron chi connectivity index (χ1n) is 10.1. The van der Waals surface area contributed by atoms with Gasteiger partial charge in [0.1, 0.15) is 12.6 Å². The molecule has 2 aromatic rings. The summed E-state index contributed by atoms with van der Waals surface area (Å²) >= 11 is 1.19. The monoisotopic (exact) mass is 442 g/mol. The number of amides is 3. The van der Waals surface area contributed by atoms with Crippen LogP contribution in [0.1, 0.15) is 35.8 Å². The smallest absolute Gasteiger partial charge is 0.311 e. The summed E-state index contributed by atoms with van der Waals surface area (Å²) in [5, 5.41) is 4.69. The van der Waals surface area contributed by atoms with E-state index in [0.29, 0.717) is 41.6 Å². The number of fused-ring (bicyclic) bond motifs is 2. The molecule has 31 heavy (non-hydrogen) atoms. The third-order valence-electron chi connectivity index (χ3n) is 5.22. The van der Waals surface area contributed by atoms with Gasteiger partial charge in [-0.3, -0.25) is 19.2 Å². The minimum absolute atomic E-state index is 0.0256. The van der Waals surface area contributed by atoms with Gasteiger partial charge in [-0.1, -0.05) is 12.1 Å². The Morgan fingerprint density at radius 2 is 2.10 bits per heavy atom. The minimum Gasteiger partial charge on any atom is -0.466 e. The molecule has 2 aliphatic heterocycles. The molecule has 1 aromatic carbocycles. The molecule has 0 saturated carbocycles. The molecular formula is C21H22N4O5S. The number of aromatic nitrogens is 1. The number of carbonyl (C=O) groups excluding carboxylic acids is 4. The fraction of sp³-hybridized carbons (Fsp3) is 0.381. The topological polar surface area (TPSA) is 109 Å². The van der Waals surface area contributed by atoms with Crippen molar-refractivity contribution in [1.29, 1.82) is 0 Å². The first-order chi connectivity index (χ1) is 15.0. The van der Waals surface area contributed by atoms with Crippen LogP contribution in [-0.4, -0.2) is 59.3 Å². The SMILES string of the molecule is CCOC(=O)Cc1csc(NC(=O)CN2C(=O)[C@H]3CCCN3C(=O)c3ccccc32)n1. The van der Waals surface area contributed by atoms with E-state index in [-0.39, 0.29) is 30.7 Å². The van der Waals surface area contributed by atoms with E-state index in [4.69, 9.17) is 4.74 Å². The Morgan fingerprint density at radius 3 is 2.90 bits per heavy atom. The van der Waals surface area contributed by atoms with Crippen LogP contribution in [0.2, 0.25) is 0 Å². The van der Waals surface area contributed by atoms with Crippen LogP contribution >= 0.6 is 11.3 Å². The molecule has 9 nitrogen and oxygen atoms in total. The van der Waals surface area contributed by atoms with Crippen molar-refractivity contribution in [3.8, 4) is 0 Å².